The van der Waals surface area contributed by atoms with Crippen LogP contribution in [0.25, 0.3) is 0 Å². The molecule has 1 aromatic carbocycles. The number of nitrogens with zero attached hydrogens (tertiary/aromatic N) is 3. The summed E-state index contributed by atoms with van der Waals surface area (Å²) in [6, 6.07) is 5.00. The molecule has 2 fully saturated rings. The summed E-state index contributed by atoms with van der Waals surface area (Å²) >= 11 is 2.58. The van der Waals surface area contributed by atoms with Gasteiger partial charge in [-0.1, -0.05) is 0 Å². The molecule has 1 aromatic rings. The highest BCUT2D eigenvalue weighted by Crippen LogP contribution is 2.52. The van der Waals surface area contributed by atoms with Gasteiger partial charge in [-0.25, -0.2) is 4.79 Å². The lowest BCUT2D eigenvalue weighted by Gasteiger charge is -2.37. The van der Waals surface area contributed by atoms with Crippen LogP contribution in [0.15, 0.2) is 24.3 Å². The molecule has 2 saturated heterocycles. The molecule has 1 amide bonds. The number of benzene rings is 1. The van der Waals surface area contributed by atoms with Gasteiger partial charge in [0.25, 0.3) is 5.69 Å². The Hall–Kier alpha value is -2.25. The maximum absolute atomic E-state index is 12.7. The average Bonchev–Trinajstić information content (AvgIpc) is 2.86. The zero-order valence-electron chi connectivity index (χ0n) is 13.8. The number of nitro benzene ring substituents is 1. The molecule has 2 heterocycles. The topological polar surface area (TPSA) is 114 Å². The van der Waals surface area contributed by atoms with Crippen LogP contribution >= 0.6 is 23.5 Å². The minimum absolute atomic E-state index is 0.0356. The third-order valence-corrected chi connectivity index (χ3v) is 7.01. The summed E-state index contributed by atoms with van der Waals surface area (Å²) < 4.78 is 4.79. The van der Waals surface area contributed by atoms with Crippen molar-refractivity contribution in [3.8, 4) is 5.40 Å². The number of carbonyl (C=O) groups excluding carboxylic acids is 2. The van der Waals surface area contributed by atoms with E-state index in [2.05, 4.69) is 0 Å². The van der Waals surface area contributed by atoms with Gasteiger partial charge in [0.05, 0.1) is 21.5 Å². The molecular formula is C16H15N3O5S2. The fourth-order valence-electron chi connectivity index (χ4n) is 3.08. The summed E-state index contributed by atoms with van der Waals surface area (Å²) in [7, 11) is 0. The van der Waals surface area contributed by atoms with Gasteiger partial charge >= 0.3 is 5.97 Å². The van der Waals surface area contributed by atoms with Crippen LogP contribution in [0.3, 0.4) is 0 Å². The number of rotatable bonds is 6. The summed E-state index contributed by atoms with van der Waals surface area (Å²) in [5.74, 6) is -0.205. The van der Waals surface area contributed by atoms with Crippen molar-refractivity contribution in [2.24, 2.45) is 0 Å². The second-order valence-corrected chi connectivity index (χ2v) is 8.68. The third kappa shape index (κ3) is 3.37. The van der Waals surface area contributed by atoms with E-state index in [4.69, 9.17) is 10.00 Å². The molecule has 0 bridgehead atoms. The van der Waals surface area contributed by atoms with E-state index in [1.165, 1.54) is 36.0 Å². The Balaban J connectivity index is 1.69. The minimum Gasteiger partial charge on any atom is -0.459 e. The van der Waals surface area contributed by atoms with Crippen LogP contribution in [0.5, 0.6) is 0 Å². The van der Waals surface area contributed by atoms with Gasteiger partial charge in [0.1, 0.15) is 18.0 Å². The van der Waals surface area contributed by atoms with Crippen LogP contribution < -0.4 is 0 Å². The zero-order valence-corrected chi connectivity index (χ0v) is 15.4. The molecule has 136 valence electrons. The first-order valence-corrected chi connectivity index (χ1v) is 9.62. The average molecular weight is 393 g/mol. The number of thioether (sulfide) groups is 2. The van der Waals surface area contributed by atoms with Crippen LogP contribution in [0, 0.1) is 20.8 Å². The van der Waals surface area contributed by atoms with E-state index < -0.39 is 21.7 Å². The number of esters is 1. The van der Waals surface area contributed by atoms with E-state index in [0.29, 0.717) is 17.7 Å². The number of amides is 1. The Kier molecular flexibility index (Phi) is 5.11. The maximum atomic E-state index is 12.7. The van der Waals surface area contributed by atoms with Crippen LogP contribution in [-0.4, -0.2) is 43.6 Å². The molecule has 0 aromatic heterocycles. The van der Waals surface area contributed by atoms with Gasteiger partial charge in [-0.2, -0.15) is 5.26 Å². The lowest BCUT2D eigenvalue weighted by atomic mass is 9.98. The molecule has 26 heavy (non-hydrogen) atoms. The van der Waals surface area contributed by atoms with Crippen LogP contribution in [0.4, 0.5) is 5.69 Å². The Labute approximate surface area is 158 Å². The van der Waals surface area contributed by atoms with E-state index in [9.17, 15) is 19.7 Å². The van der Waals surface area contributed by atoms with Gasteiger partial charge in [-0.3, -0.25) is 14.9 Å². The molecule has 0 N–H and O–H groups in total. The van der Waals surface area contributed by atoms with Gasteiger partial charge < -0.3 is 9.64 Å². The number of hydrogen-bond acceptors (Lipinski definition) is 8. The third-order valence-electron chi connectivity index (χ3n) is 4.38. The fraction of sp³-hybridized carbons (Fsp3) is 0.438. The number of nitriles is 1. The predicted molar refractivity (Wildman–Crippen MR) is 96.0 cm³/mol. The first-order valence-electron chi connectivity index (χ1n) is 7.75. The largest absolute Gasteiger partial charge is 0.459 e. The second-order valence-electron chi connectivity index (χ2n) is 6.20. The van der Waals surface area contributed by atoms with E-state index in [1.807, 2.05) is 12.3 Å². The highest BCUT2D eigenvalue weighted by molar-refractivity contribution is 8.06. The Morgan fingerprint density at radius 3 is 2.81 bits per heavy atom. The van der Waals surface area contributed by atoms with Crippen molar-refractivity contribution in [2.75, 3.05) is 5.75 Å². The molecule has 2 aliphatic heterocycles. The van der Waals surface area contributed by atoms with Gasteiger partial charge in [0, 0.05) is 17.9 Å². The van der Waals surface area contributed by atoms with Crippen molar-refractivity contribution in [1.82, 2.24) is 4.90 Å². The Bertz CT molecular complexity index is 794. The van der Waals surface area contributed by atoms with Crippen molar-refractivity contribution in [2.45, 2.75) is 36.1 Å². The number of thiocyanates is 1. The summed E-state index contributed by atoms with van der Waals surface area (Å²) in [6.45, 7) is 1.83. The first-order chi connectivity index (χ1) is 12.4. The monoisotopic (exact) mass is 393 g/mol. The van der Waals surface area contributed by atoms with E-state index in [1.54, 1.807) is 4.90 Å². The lowest BCUT2D eigenvalue weighted by Crippen LogP contribution is -2.58. The molecule has 3 rings (SSSR count). The number of ether oxygens (including phenoxy) is 1. The number of β-lactam (4-membered cyclic amide) rings is 1. The highest BCUT2D eigenvalue weighted by atomic mass is 32.2. The van der Waals surface area contributed by atoms with Crippen molar-refractivity contribution < 1.29 is 19.2 Å². The predicted octanol–water partition coefficient (Wildman–Crippen LogP) is 2.28. The molecule has 3 atom stereocenters. The number of carbonyl (C=O) groups is 2. The zero-order chi connectivity index (χ0) is 18.9. The van der Waals surface area contributed by atoms with E-state index in [-0.39, 0.29) is 23.6 Å². The SMILES string of the molecule is CC1(CSC#N)SC2CC(=O)N2C1C(=O)OCc1ccc([N+](=O)[O-])cc1. The minimum atomic E-state index is -0.738. The molecule has 10 heteroatoms. The summed E-state index contributed by atoms with van der Waals surface area (Å²) in [4.78, 5) is 36.3. The smallest absolute Gasteiger partial charge is 0.330 e. The van der Waals surface area contributed by atoms with Crippen molar-refractivity contribution in [3.63, 3.8) is 0 Å². The van der Waals surface area contributed by atoms with Crippen LogP contribution in [0.2, 0.25) is 0 Å². The summed E-state index contributed by atoms with van der Waals surface area (Å²) in [5.41, 5.74) is 0.580. The molecule has 0 spiro atoms. The quantitative estimate of drug-likeness (QED) is 0.238. The molecule has 0 aliphatic carbocycles. The number of non-ortho nitro benzene ring substituents is 1. The number of nitro groups is 1. The van der Waals surface area contributed by atoms with Gasteiger partial charge in [0.2, 0.25) is 5.91 Å². The molecule has 0 saturated carbocycles. The van der Waals surface area contributed by atoms with Gasteiger partial charge in [-0.05, 0) is 36.4 Å². The normalized spacial score (nSPS) is 26.6. The molecule has 8 nitrogen and oxygen atoms in total. The van der Waals surface area contributed by atoms with Crippen molar-refractivity contribution >= 4 is 41.1 Å². The van der Waals surface area contributed by atoms with E-state index in [0.717, 1.165) is 11.8 Å². The van der Waals surface area contributed by atoms with Crippen LogP contribution in [-0.2, 0) is 20.9 Å². The van der Waals surface area contributed by atoms with Crippen molar-refractivity contribution in [3.05, 3.63) is 39.9 Å². The molecule has 3 unspecified atom stereocenters. The first kappa shape index (κ1) is 18.5. The van der Waals surface area contributed by atoms with Gasteiger partial charge in [0.15, 0.2) is 0 Å². The second kappa shape index (κ2) is 7.17. The standard InChI is InChI=1S/C16H15N3O5S2/c1-16(8-25-9-17)14(18-12(20)6-13(18)26-16)15(21)24-7-10-2-4-11(5-3-10)19(22)23/h2-5,13-14H,6-8H2,1H3. The summed E-state index contributed by atoms with van der Waals surface area (Å²) in [5, 5.41) is 21.5. The van der Waals surface area contributed by atoms with Crippen LogP contribution in [0.1, 0.15) is 18.9 Å². The number of hydrogen-bond donors (Lipinski definition) is 0. The lowest BCUT2D eigenvalue weighted by molar-refractivity contribution is -0.384. The van der Waals surface area contributed by atoms with Gasteiger partial charge in [-0.15, -0.1) is 11.8 Å². The van der Waals surface area contributed by atoms with Crippen molar-refractivity contribution in [1.29, 1.82) is 5.26 Å². The Morgan fingerprint density at radius 1 is 1.54 bits per heavy atom. The molecular weight excluding hydrogens is 378 g/mol. The molecule has 0 radical (unpaired) electrons. The fourth-order valence-corrected chi connectivity index (χ4v) is 5.58. The molecule has 2 aliphatic rings. The highest BCUT2D eigenvalue weighted by Gasteiger charge is 2.60. The maximum Gasteiger partial charge on any atom is 0.330 e. The number of fused-ring (bicyclic) bond motifs is 1. The van der Waals surface area contributed by atoms with E-state index >= 15 is 0 Å². The summed E-state index contributed by atoms with van der Waals surface area (Å²) in [6.07, 6.45) is 0.392. The Morgan fingerprint density at radius 2 is 2.23 bits per heavy atom.